The molecule has 0 aliphatic carbocycles. The summed E-state index contributed by atoms with van der Waals surface area (Å²) in [6.07, 6.45) is 3.86. The first-order valence-corrected chi connectivity index (χ1v) is 6.67. The van der Waals surface area contributed by atoms with Crippen molar-refractivity contribution < 1.29 is 45.0 Å². The Morgan fingerprint density at radius 2 is 1.00 bits per heavy atom. The summed E-state index contributed by atoms with van der Waals surface area (Å²) in [6.45, 7) is -2.21. The summed E-state index contributed by atoms with van der Waals surface area (Å²) in [4.78, 5) is 31.9. The van der Waals surface area contributed by atoms with Gasteiger partial charge >= 0.3 is 0 Å². The molecule has 0 bridgehead atoms. The summed E-state index contributed by atoms with van der Waals surface area (Å²) in [7, 11) is 0. The summed E-state index contributed by atoms with van der Waals surface area (Å²) < 4.78 is 0. The van der Waals surface area contributed by atoms with Gasteiger partial charge in [-0.3, -0.25) is 0 Å². The molecule has 0 radical (unpaired) electrons. The summed E-state index contributed by atoms with van der Waals surface area (Å²) in [5, 5.41) is 60.1. The van der Waals surface area contributed by atoms with Crippen molar-refractivity contribution in [2.45, 2.75) is 6.42 Å². The minimum absolute atomic E-state index is 0.416. The molecule has 0 aromatic carbocycles. The maximum absolute atomic E-state index is 10.6. The monoisotopic (exact) mass is 341 g/mol. The number of carbonyl (C=O) groups excluding carboxylic acids is 3. The Hall–Kier alpha value is -2.49. The highest BCUT2D eigenvalue weighted by atomic mass is 16.4. The number of carboxylic acid groups (broad SMARTS) is 3. The van der Waals surface area contributed by atoms with Crippen LogP contribution in [0.3, 0.4) is 0 Å². The van der Waals surface area contributed by atoms with Crippen molar-refractivity contribution in [1.82, 2.24) is 0 Å². The number of allylic oxidation sites excluding steroid dienone is 3. The van der Waals surface area contributed by atoms with Crippen molar-refractivity contribution in [2.24, 2.45) is 10.8 Å². The summed E-state index contributed by atoms with van der Waals surface area (Å²) >= 11 is 0. The normalized spacial score (nSPS) is 13.1. The molecular weight excluding hydrogens is 324 g/mol. The second-order valence-corrected chi connectivity index (χ2v) is 5.22. The SMILES string of the molecule is O=C([O-])/C=C/C(/C=C/C(=O)[O-])(/C=C/C(=O)[O-])CC(CO)(CO)CO. The van der Waals surface area contributed by atoms with Crippen LogP contribution in [-0.2, 0) is 14.4 Å². The second-order valence-electron chi connectivity index (χ2n) is 5.22. The van der Waals surface area contributed by atoms with E-state index in [0.717, 1.165) is 18.2 Å². The number of aliphatic hydroxyl groups excluding tert-OH is 3. The van der Waals surface area contributed by atoms with Crippen LogP contribution in [0.2, 0.25) is 0 Å². The van der Waals surface area contributed by atoms with Crippen LogP contribution in [0.4, 0.5) is 0 Å². The lowest BCUT2D eigenvalue weighted by Gasteiger charge is -2.36. The average Bonchev–Trinajstić information content (AvgIpc) is 2.53. The number of rotatable bonds is 11. The molecule has 0 aliphatic rings. The average molecular weight is 341 g/mol. The number of carbonyl (C=O) groups is 3. The Bertz CT molecular complexity index is 473. The fourth-order valence-electron chi connectivity index (χ4n) is 1.98. The van der Waals surface area contributed by atoms with Crippen molar-refractivity contribution in [1.29, 1.82) is 0 Å². The van der Waals surface area contributed by atoms with Crippen molar-refractivity contribution >= 4 is 17.9 Å². The van der Waals surface area contributed by atoms with E-state index in [1.165, 1.54) is 0 Å². The molecule has 0 fully saturated rings. The Morgan fingerprint density at radius 3 is 1.21 bits per heavy atom. The second kappa shape index (κ2) is 9.60. The maximum Gasteiger partial charge on any atom is 0.0640 e. The summed E-state index contributed by atoms with van der Waals surface area (Å²) in [6, 6.07) is 0. The van der Waals surface area contributed by atoms with Gasteiger partial charge in [0.25, 0.3) is 0 Å². The zero-order valence-electron chi connectivity index (χ0n) is 12.6. The van der Waals surface area contributed by atoms with Crippen LogP contribution in [0.1, 0.15) is 6.42 Å². The first kappa shape index (κ1) is 21.5. The molecule has 0 spiro atoms. The van der Waals surface area contributed by atoms with Crippen LogP contribution in [0.25, 0.3) is 0 Å². The predicted molar refractivity (Wildman–Crippen MR) is 73.2 cm³/mol. The van der Waals surface area contributed by atoms with E-state index in [1.54, 1.807) is 0 Å². The van der Waals surface area contributed by atoms with Crippen LogP contribution >= 0.6 is 0 Å². The van der Waals surface area contributed by atoms with E-state index in [9.17, 15) is 45.0 Å². The van der Waals surface area contributed by atoms with Gasteiger partial charge in [0.2, 0.25) is 0 Å². The van der Waals surface area contributed by atoms with E-state index in [2.05, 4.69) is 0 Å². The van der Waals surface area contributed by atoms with E-state index in [1.807, 2.05) is 0 Å². The number of carboxylic acids is 3. The highest BCUT2D eigenvalue weighted by Crippen LogP contribution is 2.38. The van der Waals surface area contributed by atoms with Crippen LogP contribution in [0.15, 0.2) is 36.5 Å². The van der Waals surface area contributed by atoms with Gasteiger partial charge < -0.3 is 45.0 Å². The van der Waals surface area contributed by atoms with Gasteiger partial charge in [0.1, 0.15) is 0 Å². The van der Waals surface area contributed by atoms with E-state index < -0.39 is 55.0 Å². The van der Waals surface area contributed by atoms with Gasteiger partial charge in [0.15, 0.2) is 0 Å². The van der Waals surface area contributed by atoms with Crippen LogP contribution in [-0.4, -0.2) is 53.0 Å². The molecule has 24 heavy (non-hydrogen) atoms. The third-order valence-electron chi connectivity index (χ3n) is 3.28. The zero-order chi connectivity index (χ0) is 18.8. The molecule has 0 aromatic heterocycles. The number of hydrogen-bond acceptors (Lipinski definition) is 9. The molecule has 0 aromatic rings. The van der Waals surface area contributed by atoms with Crippen molar-refractivity contribution in [3.63, 3.8) is 0 Å². The highest BCUT2D eigenvalue weighted by Gasteiger charge is 2.36. The fraction of sp³-hybridized carbons (Fsp3) is 0.400. The fourth-order valence-corrected chi connectivity index (χ4v) is 1.98. The molecule has 3 N–H and O–H groups in total. The molecule has 0 unspecified atom stereocenters. The van der Waals surface area contributed by atoms with Crippen molar-refractivity contribution in [3.05, 3.63) is 36.5 Å². The van der Waals surface area contributed by atoms with Crippen LogP contribution in [0.5, 0.6) is 0 Å². The van der Waals surface area contributed by atoms with Crippen LogP contribution in [0, 0.1) is 10.8 Å². The zero-order valence-corrected chi connectivity index (χ0v) is 12.6. The lowest BCUT2D eigenvalue weighted by atomic mass is 9.71. The van der Waals surface area contributed by atoms with Gasteiger partial charge in [-0.2, -0.15) is 0 Å². The topological polar surface area (TPSA) is 181 Å². The molecule has 0 saturated heterocycles. The van der Waals surface area contributed by atoms with Gasteiger partial charge in [0.05, 0.1) is 37.7 Å². The molecule has 0 saturated carbocycles. The van der Waals surface area contributed by atoms with E-state index >= 15 is 0 Å². The lowest BCUT2D eigenvalue weighted by molar-refractivity contribution is -0.298. The predicted octanol–water partition coefficient (Wildman–Crippen LogP) is -4.76. The number of hydrogen-bond donors (Lipinski definition) is 3. The van der Waals surface area contributed by atoms with Gasteiger partial charge in [-0.15, -0.1) is 0 Å². The standard InChI is InChI=1S/C15H20O9/c16-8-15(9-17,10-18)7-14(4-1-11(19)20,5-2-12(21)22)6-3-13(23)24/h1-6,16-18H,7-10H2,(H,19,20)(H,21,22)(H,23,24)/p-3/b4-1+,5-2+,6-3+. The molecule has 9 heteroatoms. The number of aliphatic hydroxyl groups is 3. The highest BCUT2D eigenvalue weighted by molar-refractivity contribution is 5.80. The number of aliphatic carboxylic acids is 3. The van der Waals surface area contributed by atoms with Gasteiger partial charge in [-0.1, -0.05) is 18.2 Å². The maximum atomic E-state index is 10.6. The molecule has 0 rings (SSSR count). The smallest absolute Gasteiger partial charge is 0.0640 e. The molecule has 0 heterocycles. The van der Waals surface area contributed by atoms with Crippen molar-refractivity contribution in [2.75, 3.05) is 19.8 Å². The Balaban J connectivity index is 6.17. The molecule has 0 atom stereocenters. The third kappa shape index (κ3) is 7.18. The van der Waals surface area contributed by atoms with Gasteiger partial charge in [0, 0.05) is 10.8 Å². The Morgan fingerprint density at radius 1 is 0.708 bits per heavy atom. The molecule has 0 amide bonds. The molecule has 9 nitrogen and oxygen atoms in total. The Labute approximate surface area is 137 Å². The quantitative estimate of drug-likeness (QED) is 0.311. The van der Waals surface area contributed by atoms with Gasteiger partial charge in [-0.05, 0) is 24.6 Å². The molecular formula is C15H17O9-3. The van der Waals surface area contributed by atoms with E-state index in [-0.39, 0.29) is 0 Å². The largest absolute Gasteiger partial charge is 0.545 e. The minimum Gasteiger partial charge on any atom is -0.545 e. The van der Waals surface area contributed by atoms with E-state index in [4.69, 9.17) is 0 Å². The van der Waals surface area contributed by atoms with E-state index in [0.29, 0.717) is 18.2 Å². The first-order valence-electron chi connectivity index (χ1n) is 6.67. The summed E-state index contributed by atoms with van der Waals surface area (Å²) in [5.74, 6) is -4.94. The van der Waals surface area contributed by atoms with Crippen LogP contribution < -0.4 is 15.3 Å². The van der Waals surface area contributed by atoms with Crippen molar-refractivity contribution in [3.8, 4) is 0 Å². The first-order chi connectivity index (χ1) is 11.1. The van der Waals surface area contributed by atoms with Gasteiger partial charge in [-0.25, -0.2) is 0 Å². The minimum atomic E-state index is -1.70. The third-order valence-corrected chi connectivity index (χ3v) is 3.28. The lowest BCUT2D eigenvalue weighted by Crippen LogP contribution is -2.39. The molecule has 134 valence electrons. The summed E-state index contributed by atoms with van der Waals surface area (Å²) in [5.41, 5.74) is -3.25. The Kier molecular flexibility index (Phi) is 8.61. The molecule has 0 aliphatic heterocycles.